The zero-order chi connectivity index (χ0) is 15.4. The number of nitrogens with zero attached hydrogens (tertiary/aromatic N) is 3. The van der Waals surface area contributed by atoms with Crippen molar-refractivity contribution in [3.8, 4) is 0 Å². The molecule has 124 valence electrons. The fourth-order valence-corrected chi connectivity index (χ4v) is 3.80. The summed E-state index contributed by atoms with van der Waals surface area (Å²) in [7, 11) is 0. The molecule has 0 N–H and O–H groups in total. The van der Waals surface area contributed by atoms with E-state index in [0.717, 1.165) is 50.3 Å². The second kappa shape index (κ2) is 7.55. The molecule has 0 aromatic carbocycles. The molecular formula is C17H29N3O2. The Kier molecular flexibility index (Phi) is 5.47. The van der Waals surface area contributed by atoms with Crippen LogP contribution in [0.4, 0.5) is 0 Å². The van der Waals surface area contributed by atoms with Crippen LogP contribution in [-0.2, 0) is 4.74 Å². The van der Waals surface area contributed by atoms with Gasteiger partial charge in [0.2, 0.25) is 5.89 Å². The summed E-state index contributed by atoms with van der Waals surface area (Å²) in [6.07, 6.45) is 8.10. The lowest BCUT2D eigenvalue weighted by atomic mass is 9.88. The second-order valence-electron chi connectivity index (χ2n) is 6.99. The molecule has 5 heteroatoms. The van der Waals surface area contributed by atoms with Gasteiger partial charge in [-0.25, -0.2) is 0 Å². The molecule has 1 saturated carbocycles. The lowest BCUT2D eigenvalue weighted by Gasteiger charge is -2.33. The highest BCUT2D eigenvalue weighted by Gasteiger charge is 2.26. The molecule has 1 aliphatic heterocycles. The summed E-state index contributed by atoms with van der Waals surface area (Å²) in [4.78, 5) is 6.88. The van der Waals surface area contributed by atoms with Crippen LogP contribution in [0.15, 0.2) is 4.52 Å². The van der Waals surface area contributed by atoms with Crippen LogP contribution >= 0.6 is 0 Å². The van der Waals surface area contributed by atoms with Crippen LogP contribution < -0.4 is 0 Å². The standard InChI is InChI=1S/C17H29N3O2/c1-13-6-3-4-8-16(13)21-11-10-20-9-5-7-15(12-20)17-18-14(2)19-22-17/h13,15-16H,3-12H2,1-2H3/t13-,15+,16+/m0/s1. The first-order valence-electron chi connectivity index (χ1n) is 8.86. The number of hydrogen-bond donors (Lipinski definition) is 0. The van der Waals surface area contributed by atoms with E-state index in [0.29, 0.717) is 12.0 Å². The van der Waals surface area contributed by atoms with E-state index in [1.807, 2.05) is 6.92 Å². The Bertz CT molecular complexity index is 463. The SMILES string of the molecule is Cc1noc([C@@H]2CCCN(CCO[C@@H]3CCCC[C@@H]3C)C2)n1. The van der Waals surface area contributed by atoms with Crippen molar-refractivity contribution in [3.63, 3.8) is 0 Å². The zero-order valence-corrected chi connectivity index (χ0v) is 14.0. The van der Waals surface area contributed by atoms with E-state index in [1.54, 1.807) is 0 Å². The number of likely N-dealkylation sites (tertiary alicyclic amines) is 1. The lowest BCUT2D eigenvalue weighted by molar-refractivity contribution is -0.0163. The summed E-state index contributed by atoms with van der Waals surface area (Å²) >= 11 is 0. The Labute approximate surface area is 133 Å². The summed E-state index contributed by atoms with van der Waals surface area (Å²) < 4.78 is 11.5. The van der Waals surface area contributed by atoms with Crippen molar-refractivity contribution in [2.24, 2.45) is 5.92 Å². The van der Waals surface area contributed by atoms with Crippen molar-refractivity contribution in [3.05, 3.63) is 11.7 Å². The van der Waals surface area contributed by atoms with Crippen LogP contribution in [0.25, 0.3) is 0 Å². The summed E-state index contributed by atoms with van der Waals surface area (Å²) in [5.41, 5.74) is 0. The molecule has 0 spiro atoms. The van der Waals surface area contributed by atoms with E-state index < -0.39 is 0 Å². The molecule has 0 bridgehead atoms. The predicted octanol–water partition coefficient (Wildman–Crippen LogP) is 3.15. The third-order valence-corrected chi connectivity index (χ3v) is 5.17. The summed E-state index contributed by atoms with van der Waals surface area (Å²) in [6, 6.07) is 0. The van der Waals surface area contributed by atoms with Crippen molar-refractivity contribution in [2.45, 2.75) is 64.4 Å². The van der Waals surface area contributed by atoms with Crippen molar-refractivity contribution in [1.82, 2.24) is 15.0 Å². The van der Waals surface area contributed by atoms with Crippen molar-refractivity contribution in [1.29, 1.82) is 0 Å². The quantitative estimate of drug-likeness (QED) is 0.836. The molecule has 1 aliphatic carbocycles. The van der Waals surface area contributed by atoms with E-state index in [1.165, 1.54) is 32.1 Å². The van der Waals surface area contributed by atoms with E-state index in [-0.39, 0.29) is 0 Å². The van der Waals surface area contributed by atoms with Crippen LogP contribution in [0.3, 0.4) is 0 Å². The van der Waals surface area contributed by atoms with Crippen molar-refractivity contribution < 1.29 is 9.26 Å². The second-order valence-corrected chi connectivity index (χ2v) is 6.99. The molecule has 1 aromatic heterocycles. The highest BCUT2D eigenvalue weighted by atomic mass is 16.5. The van der Waals surface area contributed by atoms with Gasteiger partial charge in [-0.15, -0.1) is 0 Å². The number of aromatic nitrogens is 2. The minimum atomic E-state index is 0.392. The van der Waals surface area contributed by atoms with Gasteiger partial charge in [0.25, 0.3) is 0 Å². The minimum absolute atomic E-state index is 0.392. The third kappa shape index (κ3) is 4.07. The van der Waals surface area contributed by atoms with Gasteiger partial charge < -0.3 is 14.2 Å². The number of piperidine rings is 1. The van der Waals surface area contributed by atoms with Gasteiger partial charge in [0.05, 0.1) is 18.6 Å². The molecule has 0 unspecified atom stereocenters. The highest BCUT2D eigenvalue weighted by molar-refractivity contribution is 4.96. The van der Waals surface area contributed by atoms with Crippen LogP contribution in [0.1, 0.15) is 63.1 Å². The fourth-order valence-electron chi connectivity index (χ4n) is 3.80. The number of aryl methyl sites for hydroxylation is 1. The molecule has 2 fully saturated rings. The maximum Gasteiger partial charge on any atom is 0.231 e. The predicted molar refractivity (Wildman–Crippen MR) is 84.8 cm³/mol. The topological polar surface area (TPSA) is 51.4 Å². The van der Waals surface area contributed by atoms with Crippen LogP contribution in [0.5, 0.6) is 0 Å². The maximum atomic E-state index is 6.15. The number of rotatable bonds is 5. The molecule has 1 aromatic rings. The van der Waals surface area contributed by atoms with Crippen molar-refractivity contribution >= 4 is 0 Å². The van der Waals surface area contributed by atoms with Gasteiger partial charge in [-0.05, 0) is 45.1 Å². The van der Waals surface area contributed by atoms with Gasteiger partial charge in [-0.3, -0.25) is 0 Å². The van der Waals surface area contributed by atoms with Crippen LogP contribution in [0, 0.1) is 12.8 Å². The molecule has 2 aliphatic rings. The largest absolute Gasteiger partial charge is 0.377 e. The minimum Gasteiger partial charge on any atom is -0.377 e. The molecule has 2 heterocycles. The molecule has 5 nitrogen and oxygen atoms in total. The summed E-state index contributed by atoms with van der Waals surface area (Å²) in [6.45, 7) is 8.27. The van der Waals surface area contributed by atoms with Gasteiger partial charge in [0.1, 0.15) is 0 Å². The Balaban J connectivity index is 1.42. The lowest BCUT2D eigenvalue weighted by Crippen LogP contribution is -2.38. The smallest absolute Gasteiger partial charge is 0.231 e. The van der Waals surface area contributed by atoms with Gasteiger partial charge in [-0.1, -0.05) is 24.9 Å². The van der Waals surface area contributed by atoms with Gasteiger partial charge in [0.15, 0.2) is 5.82 Å². The van der Waals surface area contributed by atoms with Gasteiger partial charge in [-0.2, -0.15) is 4.98 Å². The van der Waals surface area contributed by atoms with Crippen LogP contribution in [0.2, 0.25) is 0 Å². The maximum absolute atomic E-state index is 6.15. The Morgan fingerprint density at radius 3 is 2.86 bits per heavy atom. The number of hydrogen-bond acceptors (Lipinski definition) is 5. The number of ether oxygens (including phenoxy) is 1. The molecule has 1 saturated heterocycles. The Morgan fingerprint density at radius 2 is 2.09 bits per heavy atom. The first kappa shape index (κ1) is 15.9. The van der Waals surface area contributed by atoms with Crippen LogP contribution in [-0.4, -0.2) is 47.4 Å². The van der Waals surface area contributed by atoms with E-state index in [4.69, 9.17) is 9.26 Å². The normalized spacial score (nSPS) is 30.5. The molecule has 0 amide bonds. The summed E-state index contributed by atoms with van der Waals surface area (Å²) in [5, 5.41) is 3.92. The molecule has 22 heavy (non-hydrogen) atoms. The Hall–Kier alpha value is -0.940. The first-order chi connectivity index (χ1) is 10.7. The summed E-state index contributed by atoms with van der Waals surface area (Å²) in [5.74, 6) is 2.67. The van der Waals surface area contributed by atoms with Gasteiger partial charge in [0, 0.05) is 13.1 Å². The zero-order valence-electron chi connectivity index (χ0n) is 14.0. The average Bonchev–Trinajstić information content (AvgIpc) is 2.96. The Morgan fingerprint density at radius 1 is 1.23 bits per heavy atom. The van der Waals surface area contributed by atoms with Crippen molar-refractivity contribution in [2.75, 3.05) is 26.2 Å². The monoisotopic (exact) mass is 307 g/mol. The van der Waals surface area contributed by atoms with E-state index >= 15 is 0 Å². The average molecular weight is 307 g/mol. The first-order valence-corrected chi connectivity index (χ1v) is 8.86. The highest BCUT2D eigenvalue weighted by Crippen LogP contribution is 2.27. The van der Waals surface area contributed by atoms with E-state index in [2.05, 4.69) is 22.0 Å². The molecule has 3 atom stereocenters. The fraction of sp³-hybridized carbons (Fsp3) is 0.882. The van der Waals surface area contributed by atoms with Gasteiger partial charge >= 0.3 is 0 Å². The van der Waals surface area contributed by atoms with E-state index in [9.17, 15) is 0 Å². The molecule has 0 radical (unpaired) electrons. The third-order valence-electron chi connectivity index (χ3n) is 5.17. The molecule has 3 rings (SSSR count). The molecular weight excluding hydrogens is 278 g/mol.